The summed E-state index contributed by atoms with van der Waals surface area (Å²) in [5, 5.41) is 7.03. The summed E-state index contributed by atoms with van der Waals surface area (Å²) < 4.78 is 5.75. The Morgan fingerprint density at radius 3 is 2.35 bits per heavy atom. The molecule has 0 aromatic heterocycles. The monoisotopic (exact) mass is 328 g/mol. The van der Waals surface area contributed by atoms with Crippen molar-refractivity contribution in [2.75, 3.05) is 11.9 Å². The van der Waals surface area contributed by atoms with Crippen LogP contribution in [-0.4, -0.2) is 17.8 Å². The highest BCUT2D eigenvalue weighted by molar-refractivity contribution is 7.80. The van der Waals surface area contributed by atoms with Gasteiger partial charge in [0.1, 0.15) is 12.4 Å². The van der Waals surface area contributed by atoms with E-state index in [1.807, 2.05) is 43.3 Å². The Balaban J connectivity index is 1.76. The summed E-state index contributed by atoms with van der Waals surface area (Å²) in [5.41, 5.74) is 3.53. The van der Waals surface area contributed by atoms with Crippen LogP contribution in [0.3, 0.4) is 0 Å². The lowest BCUT2D eigenvalue weighted by atomic mass is 10.1. The van der Waals surface area contributed by atoms with Gasteiger partial charge in [-0.05, 0) is 62.3 Å². The predicted molar refractivity (Wildman–Crippen MR) is 101 cm³/mol. The van der Waals surface area contributed by atoms with E-state index in [0.717, 1.165) is 17.9 Å². The van der Waals surface area contributed by atoms with Gasteiger partial charge in [0.2, 0.25) is 0 Å². The van der Waals surface area contributed by atoms with Crippen LogP contribution in [0.2, 0.25) is 0 Å². The standard InChI is InChI=1S/C19H24N2OS/c1-4-16-7-9-17(10-8-16)21-19(23)20-15(3)13-22-18-11-5-14(2)6-12-18/h5-12,15H,4,13H2,1-3H3,(H2,20,21,23)/t15-/m1/s1. The number of benzene rings is 2. The number of ether oxygens (including phenoxy) is 1. The minimum atomic E-state index is 0.117. The predicted octanol–water partition coefficient (Wildman–Crippen LogP) is 4.31. The van der Waals surface area contributed by atoms with Crippen LogP contribution >= 0.6 is 12.2 Å². The minimum absolute atomic E-state index is 0.117. The van der Waals surface area contributed by atoms with E-state index in [-0.39, 0.29) is 6.04 Å². The average Bonchev–Trinajstić information content (AvgIpc) is 2.55. The van der Waals surface area contributed by atoms with E-state index in [4.69, 9.17) is 17.0 Å². The first kappa shape index (κ1) is 17.3. The summed E-state index contributed by atoms with van der Waals surface area (Å²) in [6.45, 7) is 6.80. The summed E-state index contributed by atoms with van der Waals surface area (Å²) in [6, 6.07) is 16.5. The number of thiocarbonyl (C=S) groups is 1. The molecule has 0 unspecified atom stereocenters. The molecule has 1 atom stereocenters. The molecule has 0 bridgehead atoms. The maximum atomic E-state index is 5.75. The first-order valence-electron chi connectivity index (χ1n) is 7.92. The molecule has 0 aliphatic carbocycles. The smallest absolute Gasteiger partial charge is 0.171 e. The number of hydrogen-bond donors (Lipinski definition) is 2. The van der Waals surface area contributed by atoms with Gasteiger partial charge in [-0.15, -0.1) is 0 Å². The molecule has 2 aromatic rings. The van der Waals surface area contributed by atoms with E-state index in [9.17, 15) is 0 Å². The average molecular weight is 328 g/mol. The van der Waals surface area contributed by atoms with Gasteiger partial charge < -0.3 is 15.4 Å². The van der Waals surface area contributed by atoms with E-state index in [0.29, 0.717) is 11.7 Å². The molecule has 2 rings (SSSR count). The quantitative estimate of drug-likeness (QED) is 0.774. The highest BCUT2D eigenvalue weighted by atomic mass is 32.1. The zero-order chi connectivity index (χ0) is 16.7. The Bertz CT molecular complexity index is 623. The van der Waals surface area contributed by atoms with E-state index in [1.165, 1.54) is 11.1 Å². The van der Waals surface area contributed by atoms with Crippen molar-refractivity contribution in [2.24, 2.45) is 0 Å². The van der Waals surface area contributed by atoms with Crippen LogP contribution < -0.4 is 15.4 Å². The van der Waals surface area contributed by atoms with Crippen LogP contribution in [0, 0.1) is 6.92 Å². The van der Waals surface area contributed by atoms with Crippen LogP contribution in [0.15, 0.2) is 48.5 Å². The van der Waals surface area contributed by atoms with Gasteiger partial charge in [-0.1, -0.05) is 36.8 Å². The molecule has 2 aromatic carbocycles. The number of nitrogens with one attached hydrogen (secondary N) is 2. The lowest BCUT2D eigenvalue weighted by Gasteiger charge is -2.18. The zero-order valence-electron chi connectivity index (χ0n) is 13.9. The van der Waals surface area contributed by atoms with Crippen molar-refractivity contribution < 1.29 is 4.74 Å². The van der Waals surface area contributed by atoms with Gasteiger partial charge in [0, 0.05) is 5.69 Å². The molecule has 3 nitrogen and oxygen atoms in total. The summed E-state index contributed by atoms with van der Waals surface area (Å²) in [5.74, 6) is 0.873. The molecule has 0 spiro atoms. The maximum absolute atomic E-state index is 5.75. The first-order chi connectivity index (χ1) is 11.1. The lowest BCUT2D eigenvalue weighted by Crippen LogP contribution is -2.39. The third-order valence-corrected chi connectivity index (χ3v) is 3.74. The van der Waals surface area contributed by atoms with Crippen LogP contribution in [-0.2, 0) is 6.42 Å². The molecular formula is C19H24N2OS. The van der Waals surface area contributed by atoms with Crippen LogP contribution in [0.1, 0.15) is 25.0 Å². The second-order valence-electron chi connectivity index (χ2n) is 5.67. The maximum Gasteiger partial charge on any atom is 0.171 e. The Morgan fingerprint density at radius 2 is 1.74 bits per heavy atom. The van der Waals surface area contributed by atoms with Crippen molar-refractivity contribution in [3.8, 4) is 5.75 Å². The Hall–Kier alpha value is -2.07. The second kappa shape index (κ2) is 8.53. The highest BCUT2D eigenvalue weighted by Gasteiger charge is 2.06. The molecule has 0 heterocycles. The molecule has 122 valence electrons. The van der Waals surface area contributed by atoms with Gasteiger partial charge >= 0.3 is 0 Å². The van der Waals surface area contributed by atoms with Gasteiger partial charge in [-0.3, -0.25) is 0 Å². The van der Waals surface area contributed by atoms with E-state index < -0.39 is 0 Å². The van der Waals surface area contributed by atoms with Gasteiger partial charge in [0.25, 0.3) is 0 Å². The van der Waals surface area contributed by atoms with Crippen molar-refractivity contribution in [1.82, 2.24) is 5.32 Å². The van der Waals surface area contributed by atoms with Crippen LogP contribution in [0.5, 0.6) is 5.75 Å². The third-order valence-electron chi connectivity index (χ3n) is 3.52. The molecule has 0 amide bonds. The number of anilines is 1. The van der Waals surface area contributed by atoms with Crippen molar-refractivity contribution in [1.29, 1.82) is 0 Å². The Morgan fingerprint density at radius 1 is 1.09 bits per heavy atom. The molecule has 0 saturated heterocycles. The third kappa shape index (κ3) is 5.91. The fraction of sp³-hybridized carbons (Fsp3) is 0.316. The summed E-state index contributed by atoms with van der Waals surface area (Å²) in [7, 11) is 0. The Labute approximate surface area is 144 Å². The first-order valence-corrected chi connectivity index (χ1v) is 8.33. The molecule has 4 heteroatoms. The lowest BCUT2D eigenvalue weighted by molar-refractivity contribution is 0.287. The highest BCUT2D eigenvalue weighted by Crippen LogP contribution is 2.12. The molecule has 0 radical (unpaired) electrons. The SMILES string of the molecule is CCc1ccc(NC(=S)N[C@H](C)COc2ccc(C)cc2)cc1. The fourth-order valence-corrected chi connectivity index (χ4v) is 2.43. The number of rotatable bonds is 6. The molecule has 23 heavy (non-hydrogen) atoms. The molecular weight excluding hydrogens is 304 g/mol. The normalized spacial score (nSPS) is 11.6. The summed E-state index contributed by atoms with van der Waals surface area (Å²) >= 11 is 5.34. The largest absolute Gasteiger partial charge is 0.491 e. The van der Waals surface area contributed by atoms with Crippen molar-refractivity contribution in [3.63, 3.8) is 0 Å². The second-order valence-corrected chi connectivity index (χ2v) is 6.08. The minimum Gasteiger partial charge on any atom is -0.491 e. The van der Waals surface area contributed by atoms with E-state index >= 15 is 0 Å². The fourth-order valence-electron chi connectivity index (χ4n) is 2.11. The van der Waals surface area contributed by atoms with Crippen molar-refractivity contribution in [3.05, 3.63) is 59.7 Å². The topological polar surface area (TPSA) is 33.3 Å². The van der Waals surface area contributed by atoms with E-state index in [2.05, 4.69) is 36.6 Å². The van der Waals surface area contributed by atoms with Gasteiger partial charge in [-0.25, -0.2) is 0 Å². The summed E-state index contributed by atoms with van der Waals surface area (Å²) in [6.07, 6.45) is 1.04. The van der Waals surface area contributed by atoms with Gasteiger partial charge in [-0.2, -0.15) is 0 Å². The van der Waals surface area contributed by atoms with Gasteiger partial charge in [0.05, 0.1) is 6.04 Å². The van der Waals surface area contributed by atoms with Crippen molar-refractivity contribution in [2.45, 2.75) is 33.2 Å². The molecule has 0 fully saturated rings. The van der Waals surface area contributed by atoms with Crippen LogP contribution in [0.25, 0.3) is 0 Å². The molecule has 0 aliphatic heterocycles. The van der Waals surface area contributed by atoms with Gasteiger partial charge in [0.15, 0.2) is 5.11 Å². The van der Waals surface area contributed by atoms with E-state index in [1.54, 1.807) is 0 Å². The number of hydrogen-bond acceptors (Lipinski definition) is 2. The molecule has 2 N–H and O–H groups in total. The number of aryl methyl sites for hydroxylation is 2. The van der Waals surface area contributed by atoms with Crippen LogP contribution in [0.4, 0.5) is 5.69 Å². The van der Waals surface area contributed by atoms with Crippen molar-refractivity contribution >= 4 is 23.0 Å². The Kier molecular flexibility index (Phi) is 6.41. The molecule has 0 saturated carbocycles. The molecule has 0 aliphatic rings. The summed E-state index contributed by atoms with van der Waals surface area (Å²) in [4.78, 5) is 0. The zero-order valence-corrected chi connectivity index (χ0v) is 14.7.